The van der Waals surface area contributed by atoms with Crippen LogP contribution in [0.1, 0.15) is 90.5 Å². The van der Waals surface area contributed by atoms with Gasteiger partial charge in [0, 0.05) is 6.54 Å². The fourth-order valence-corrected chi connectivity index (χ4v) is 9.74. The van der Waals surface area contributed by atoms with E-state index in [9.17, 15) is 10.2 Å². The molecule has 4 fully saturated rings. The maximum atomic E-state index is 11.7. The number of aliphatic hydroxyl groups excluding tert-OH is 2. The Balaban J connectivity index is 1.20. The third kappa shape index (κ3) is 4.28. The second-order valence-electron chi connectivity index (χ2n) is 13.2. The van der Waals surface area contributed by atoms with Gasteiger partial charge in [-0.2, -0.15) is 0 Å². The highest BCUT2D eigenvalue weighted by Crippen LogP contribution is 2.68. The van der Waals surface area contributed by atoms with Crippen LogP contribution in [0.5, 0.6) is 0 Å². The van der Waals surface area contributed by atoms with Gasteiger partial charge >= 0.3 is 0 Å². The first-order valence-electron chi connectivity index (χ1n) is 14.4. The van der Waals surface area contributed by atoms with Crippen molar-refractivity contribution in [2.45, 2.75) is 104 Å². The van der Waals surface area contributed by atoms with Crippen molar-refractivity contribution < 1.29 is 10.2 Å². The Morgan fingerprint density at radius 3 is 2.56 bits per heavy atom. The minimum Gasteiger partial charge on any atom is -0.393 e. The zero-order chi connectivity index (χ0) is 23.9. The molecule has 4 aliphatic rings. The first-order chi connectivity index (χ1) is 16.3. The van der Waals surface area contributed by atoms with Crippen molar-refractivity contribution >= 4 is 0 Å². The van der Waals surface area contributed by atoms with Crippen LogP contribution >= 0.6 is 0 Å². The second kappa shape index (κ2) is 9.87. The number of rotatable bonds is 7. The predicted octanol–water partition coefficient (Wildman–Crippen LogP) is 6.18. The fourth-order valence-electron chi connectivity index (χ4n) is 9.74. The van der Waals surface area contributed by atoms with Gasteiger partial charge < -0.3 is 15.5 Å². The molecule has 34 heavy (non-hydrogen) atoms. The minimum absolute atomic E-state index is 0.0905. The zero-order valence-corrected chi connectivity index (χ0v) is 21.9. The Bertz CT molecular complexity index is 813. The van der Waals surface area contributed by atoms with Crippen molar-refractivity contribution in [2.24, 2.45) is 46.3 Å². The van der Waals surface area contributed by atoms with E-state index in [4.69, 9.17) is 0 Å². The molecule has 3 N–H and O–H groups in total. The number of fused-ring (bicyclic) bond motifs is 5. The molecule has 0 spiro atoms. The summed E-state index contributed by atoms with van der Waals surface area (Å²) in [5.74, 6) is 4.12. The van der Waals surface area contributed by atoms with Crippen molar-refractivity contribution in [3.8, 4) is 0 Å². The molecule has 4 aliphatic carbocycles. The van der Waals surface area contributed by atoms with Crippen LogP contribution < -0.4 is 5.32 Å². The molecule has 0 radical (unpaired) electrons. The second-order valence-corrected chi connectivity index (χ2v) is 13.2. The summed E-state index contributed by atoms with van der Waals surface area (Å²) in [5.41, 5.74) is 1.78. The third-order valence-corrected chi connectivity index (χ3v) is 11.7. The van der Waals surface area contributed by atoms with Crippen LogP contribution in [-0.2, 0) is 6.54 Å². The zero-order valence-electron chi connectivity index (χ0n) is 21.9. The van der Waals surface area contributed by atoms with Gasteiger partial charge in [-0.25, -0.2) is 0 Å². The highest BCUT2D eigenvalue weighted by molar-refractivity contribution is 5.14. The summed E-state index contributed by atoms with van der Waals surface area (Å²) in [4.78, 5) is 0. The van der Waals surface area contributed by atoms with Crippen LogP contribution in [0.2, 0.25) is 0 Å². The normalized spacial score (nSPS) is 44.7. The van der Waals surface area contributed by atoms with Gasteiger partial charge in [0.1, 0.15) is 0 Å². The average Bonchev–Trinajstić information content (AvgIpc) is 3.19. The topological polar surface area (TPSA) is 52.5 Å². The van der Waals surface area contributed by atoms with Gasteiger partial charge in [0.25, 0.3) is 0 Å². The number of hydrogen-bond acceptors (Lipinski definition) is 3. The Kier molecular flexibility index (Phi) is 7.19. The summed E-state index contributed by atoms with van der Waals surface area (Å²) in [6, 6.07) is 10.7. The molecule has 3 heteroatoms. The van der Waals surface area contributed by atoms with Crippen molar-refractivity contribution in [1.29, 1.82) is 0 Å². The molecular formula is C31H49NO2. The molecule has 5 rings (SSSR count). The van der Waals surface area contributed by atoms with E-state index in [0.717, 1.165) is 44.7 Å². The molecule has 0 aromatic heterocycles. The first-order valence-corrected chi connectivity index (χ1v) is 14.4. The molecule has 10 unspecified atom stereocenters. The first kappa shape index (κ1) is 24.8. The van der Waals surface area contributed by atoms with Gasteiger partial charge in [-0.15, -0.1) is 0 Å². The molecule has 0 aliphatic heterocycles. The van der Waals surface area contributed by atoms with E-state index in [1.54, 1.807) is 0 Å². The molecule has 1 aromatic rings. The SMILES string of the molecule is CC(CCCNCc1ccccc1)C1CCC2C3CCC4CC(O)CCC4(C)C3CC(O)C12C. The number of aliphatic hydroxyl groups is 2. The summed E-state index contributed by atoms with van der Waals surface area (Å²) in [5, 5.41) is 25.7. The van der Waals surface area contributed by atoms with Gasteiger partial charge in [-0.05, 0) is 123 Å². The standard InChI is InChI=1S/C31H49NO2/c1-21(8-7-17-32-20-22-9-5-4-6-10-22)26-13-14-27-25-12-11-23-18-24(33)15-16-30(23,2)28(25)19-29(34)31(26,27)3/h4-6,9-10,21,23-29,32-34H,7-8,11-20H2,1-3H3. The van der Waals surface area contributed by atoms with Gasteiger partial charge in [0.15, 0.2) is 0 Å². The van der Waals surface area contributed by atoms with E-state index in [-0.39, 0.29) is 17.6 Å². The van der Waals surface area contributed by atoms with Crippen LogP contribution in [0.4, 0.5) is 0 Å². The predicted molar refractivity (Wildman–Crippen MR) is 139 cm³/mol. The minimum atomic E-state index is -0.160. The average molecular weight is 468 g/mol. The molecule has 1 aromatic carbocycles. The number of benzene rings is 1. The Hall–Kier alpha value is -0.900. The van der Waals surface area contributed by atoms with Gasteiger partial charge in [0.2, 0.25) is 0 Å². The van der Waals surface area contributed by atoms with Crippen LogP contribution in [-0.4, -0.2) is 29.0 Å². The quantitative estimate of drug-likeness (QED) is 0.420. The Morgan fingerprint density at radius 2 is 1.76 bits per heavy atom. The lowest BCUT2D eigenvalue weighted by Gasteiger charge is -2.62. The monoisotopic (exact) mass is 467 g/mol. The van der Waals surface area contributed by atoms with Crippen molar-refractivity contribution in [1.82, 2.24) is 5.32 Å². The molecule has 190 valence electrons. The summed E-state index contributed by atoms with van der Waals surface area (Å²) >= 11 is 0. The maximum absolute atomic E-state index is 11.7. The smallest absolute Gasteiger partial charge is 0.0602 e. The molecule has 10 atom stereocenters. The van der Waals surface area contributed by atoms with Crippen LogP contribution in [0.3, 0.4) is 0 Å². The summed E-state index contributed by atoms with van der Waals surface area (Å²) < 4.78 is 0. The largest absolute Gasteiger partial charge is 0.393 e. The third-order valence-electron chi connectivity index (χ3n) is 11.7. The highest BCUT2D eigenvalue weighted by atomic mass is 16.3. The number of nitrogens with one attached hydrogen (secondary N) is 1. The maximum Gasteiger partial charge on any atom is 0.0602 e. The van der Waals surface area contributed by atoms with Gasteiger partial charge in [-0.3, -0.25) is 0 Å². The Labute approximate surface area is 208 Å². The number of hydrogen-bond donors (Lipinski definition) is 3. The Morgan fingerprint density at radius 1 is 0.971 bits per heavy atom. The molecular weight excluding hydrogens is 418 g/mol. The van der Waals surface area contributed by atoms with Crippen molar-refractivity contribution in [3.05, 3.63) is 35.9 Å². The lowest BCUT2D eigenvalue weighted by molar-refractivity contribution is -0.174. The van der Waals surface area contributed by atoms with E-state index < -0.39 is 0 Å². The molecule has 3 nitrogen and oxygen atoms in total. The van der Waals surface area contributed by atoms with E-state index in [0.29, 0.717) is 35.0 Å². The van der Waals surface area contributed by atoms with E-state index in [2.05, 4.69) is 56.4 Å². The van der Waals surface area contributed by atoms with Gasteiger partial charge in [-0.1, -0.05) is 51.1 Å². The van der Waals surface area contributed by atoms with Crippen LogP contribution in [0.25, 0.3) is 0 Å². The highest BCUT2D eigenvalue weighted by Gasteiger charge is 2.63. The molecule has 0 bridgehead atoms. The van der Waals surface area contributed by atoms with Crippen molar-refractivity contribution in [2.75, 3.05) is 6.54 Å². The van der Waals surface area contributed by atoms with Crippen LogP contribution in [0.15, 0.2) is 30.3 Å². The summed E-state index contributed by atoms with van der Waals surface area (Å²) in [6.07, 6.45) is 11.6. The molecule has 0 saturated heterocycles. The molecule has 0 heterocycles. The molecule has 0 amide bonds. The van der Waals surface area contributed by atoms with Crippen molar-refractivity contribution in [3.63, 3.8) is 0 Å². The van der Waals surface area contributed by atoms with Crippen LogP contribution in [0, 0.1) is 46.3 Å². The summed E-state index contributed by atoms with van der Waals surface area (Å²) in [6.45, 7) is 9.49. The molecule has 4 saturated carbocycles. The van der Waals surface area contributed by atoms with Gasteiger partial charge in [0.05, 0.1) is 12.2 Å². The lowest BCUT2D eigenvalue weighted by Crippen LogP contribution is -2.58. The lowest BCUT2D eigenvalue weighted by atomic mass is 9.43. The fraction of sp³-hybridized carbons (Fsp3) is 0.806. The van der Waals surface area contributed by atoms with E-state index >= 15 is 0 Å². The van der Waals surface area contributed by atoms with E-state index in [1.165, 1.54) is 44.1 Å². The van der Waals surface area contributed by atoms with E-state index in [1.807, 2.05) is 0 Å². The summed E-state index contributed by atoms with van der Waals surface area (Å²) in [7, 11) is 0.